The average Bonchev–Trinajstić information content (AvgIpc) is 2.92. The molecule has 0 fully saturated rings. The summed E-state index contributed by atoms with van der Waals surface area (Å²) in [6.07, 6.45) is 0.856. The quantitative estimate of drug-likeness (QED) is 0.881. The van der Waals surface area contributed by atoms with Crippen LogP contribution >= 0.6 is 11.5 Å². The maximum Gasteiger partial charge on any atom is 0.202 e. The number of aryl methyl sites for hydroxylation is 1. The SMILES string of the molecule is CCc1nsc(NCc2ccc(OC)c(OC)c2)n1. The first-order valence-corrected chi connectivity index (χ1v) is 6.81. The summed E-state index contributed by atoms with van der Waals surface area (Å²) in [6.45, 7) is 2.72. The number of methoxy groups -OCH3 is 2. The first-order chi connectivity index (χ1) is 9.26. The Morgan fingerprint density at radius 1 is 1.21 bits per heavy atom. The number of ether oxygens (including phenoxy) is 2. The molecule has 19 heavy (non-hydrogen) atoms. The summed E-state index contributed by atoms with van der Waals surface area (Å²) >= 11 is 1.38. The van der Waals surface area contributed by atoms with Crippen molar-refractivity contribution in [2.75, 3.05) is 19.5 Å². The Morgan fingerprint density at radius 2 is 2.00 bits per heavy atom. The minimum Gasteiger partial charge on any atom is -0.493 e. The molecule has 0 atom stereocenters. The highest BCUT2D eigenvalue weighted by molar-refractivity contribution is 7.09. The van der Waals surface area contributed by atoms with Gasteiger partial charge >= 0.3 is 0 Å². The Bertz CT molecular complexity index is 542. The smallest absolute Gasteiger partial charge is 0.202 e. The highest BCUT2D eigenvalue weighted by atomic mass is 32.1. The van der Waals surface area contributed by atoms with Crippen LogP contribution in [0.15, 0.2) is 18.2 Å². The van der Waals surface area contributed by atoms with Crippen molar-refractivity contribution in [3.63, 3.8) is 0 Å². The number of anilines is 1. The molecule has 0 saturated carbocycles. The lowest BCUT2D eigenvalue weighted by Gasteiger charge is -2.09. The third-order valence-electron chi connectivity index (χ3n) is 2.68. The maximum absolute atomic E-state index is 5.27. The van der Waals surface area contributed by atoms with Crippen LogP contribution in [0.3, 0.4) is 0 Å². The molecule has 0 aliphatic rings. The second-order valence-electron chi connectivity index (χ2n) is 3.91. The number of hydrogen-bond acceptors (Lipinski definition) is 6. The van der Waals surface area contributed by atoms with E-state index in [1.54, 1.807) is 14.2 Å². The highest BCUT2D eigenvalue weighted by Crippen LogP contribution is 2.27. The molecule has 1 N–H and O–H groups in total. The van der Waals surface area contributed by atoms with Gasteiger partial charge in [-0.15, -0.1) is 0 Å². The van der Waals surface area contributed by atoms with Crippen LogP contribution in [-0.4, -0.2) is 23.6 Å². The van der Waals surface area contributed by atoms with E-state index in [0.29, 0.717) is 6.54 Å². The van der Waals surface area contributed by atoms with Gasteiger partial charge in [0.05, 0.1) is 14.2 Å². The van der Waals surface area contributed by atoms with Gasteiger partial charge in [0.15, 0.2) is 11.5 Å². The van der Waals surface area contributed by atoms with Crippen molar-refractivity contribution in [3.8, 4) is 11.5 Å². The monoisotopic (exact) mass is 279 g/mol. The maximum atomic E-state index is 5.27. The van der Waals surface area contributed by atoms with Crippen molar-refractivity contribution in [1.82, 2.24) is 9.36 Å². The van der Waals surface area contributed by atoms with E-state index in [9.17, 15) is 0 Å². The molecular formula is C13H17N3O2S. The molecule has 1 aromatic carbocycles. The third-order valence-corrected chi connectivity index (χ3v) is 3.39. The van der Waals surface area contributed by atoms with Crippen molar-refractivity contribution in [3.05, 3.63) is 29.6 Å². The van der Waals surface area contributed by atoms with E-state index in [-0.39, 0.29) is 0 Å². The van der Waals surface area contributed by atoms with Gasteiger partial charge in [-0.1, -0.05) is 13.0 Å². The van der Waals surface area contributed by atoms with E-state index in [1.807, 2.05) is 25.1 Å². The van der Waals surface area contributed by atoms with E-state index in [4.69, 9.17) is 9.47 Å². The van der Waals surface area contributed by atoms with Gasteiger partial charge < -0.3 is 14.8 Å². The van der Waals surface area contributed by atoms with Crippen LogP contribution in [0.4, 0.5) is 5.13 Å². The lowest BCUT2D eigenvalue weighted by Crippen LogP contribution is -2.00. The van der Waals surface area contributed by atoms with Gasteiger partial charge in [0.1, 0.15) is 5.82 Å². The Hall–Kier alpha value is -1.82. The topological polar surface area (TPSA) is 56.3 Å². The zero-order chi connectivity index (χ0) is 13.7. The molecular weight excluding hydrogens is 262 g/mol. The predicted molar refractivity (Wildman–Crippen MR) is 76.2 cm³/mol. The first-order valence-electron chi connectivity index (χ1n) is 6.04. The summed E-state index contributed by atoms with van der Waals surface area (Å²) in [7, 11) is 3.26. The largest absolute Gasteiger partial charge is 0.493 e. The summed E-state index contributed by atoms with van der Waals surface area (Å²) in [5.74, 6) is 2.34. The molecule has 1 aromatic heterocycles. The number of nitrogens with one attached hydrogen (secondary N) is 1. The lowest BCUT2D eigenvalue weighted by molar-refractivity contribution is 0.354. The van der Waals surface area contributed by atoms with Gasteiger partial charge in [-0.25, -0.2) is 4.98 Å². The molecule has 5 nitrogen and oxygen atoms in total. The molecule has 0 aliphatic carbocycles. The van der Waals surface area contributed by atoms with Crippen LogP contribution < -0.4 is 14.8 Å². The van der Waals surface area contributed by atoms with E-state index < -0.39 is 0 Å². The number of benzene rings is 1. The zero-order valence-corrected chi connectivity index (χ0v) is 12.1. The second-order valence-corrected chi connectivity index (χ2v) is 4.66. The molecule has 0 amide bonds. The Labute approximate surface area is 116 Å². The summed E-state index contributed by atoms with van der Waals surface area (Å²) in [5, 5.41) is 4.09. The number of rotatable bonds is 6. The van der Waals surface area contributed by atoms with Crippen LogP contribution in [0.5, 0.6) is 11.5 Å². The minimum atomic E-state index is 0.679. The number of aromatic nitrogens is 2. The van der Waals surface area contributed by atoms with Gasteiger partial charge in [-0.05, 0) is 17.7 Å². The summed E-state index contributed by atoms with van der Waals surface area (Å²) in [4.78, 5) is 4.36. The molecule has 0 aliphatic heterocycles. The second kappa shape index (κ2) is 6.38. The van der Waals surface area contributed by atoms with Gasteiger partial charge in [0.2, 0.25) is 5.13 Å². The van der Waals surface area contributed by atoms with E-state index >= 15 is 0 Å². The normalized spacial score (nSPS) is 10.3. The van der Waals surface area contributed by atoms with Crippen LogP contribution in [0.2, 0.25) is 0 Å². The number of hydrogen-bond donors (Lipinski definition) is 1. The number of nitrogens with zero attached hydrogens (tertiary/aromatic N) is 2. The van der Waals surface area contributed by atoms with Crippen LogP contribution in [0.1, 0.15) is 18.3 Å². The standard InChI is InChI=1S/C13H17N3O2S/c1-4-12-15-13(19-16-12)14-8-9-5-6-10(17-2)11(7-9)18-3/h5-7H,4,8H2,1-3H3,(H,14,15,16). The molecule has 6 heteroatoms. The molecule has 2 rings (SSSR count). The van der Waals surface area contributed by atoms with Crippen LogP contribution in [-0.2, 0) is 13.0 Å². The van der Waals surface area contributed by atoms with Gasteiger partial charge in [0, 0.05) is 24.5 Å². The predicted octanol–water partition coefficient (Wildman–Crippen LogP) is 2.73. The summed E-state index contributed by atoms with van der Waals surface area (Å²) in [5.41, 5.74) is 1.10. The molecule has 0 unspecified atom stereocenters. The minimum absolute atomic E-state index is 0.679. The van der Waals surface area contributed by atoms with Gasteiger partial charge in [0.25, 0.3) is 0 Å². The molecule has 102 valence electrons. The fourth-order valence-electron chi connectivity index (χ4n) is 1.64. The molecule has 0 radical (unpaired) electrons. The average molecular weight is 279 g/mol. The third kappa shape index (κ3) is 3.35. The molecule has 0 spiro atoms. The van der Waals surface area contributed by atoms with Crippen molar-refractivity contribution in [1.29, 1.82) is 0 Å². The molecule has 1 heterocycles. The Morgan fingerprint density at radius 3 is 2.63 bits per heavy atom. The summed E-state index contributed by atoms with van der Waals surface area (Å²) < 4.78 is 14.7. The molecule has 2 aromatic rings. The van der Waals surface area contributed by atoms with Crippen molar-refractivity contribution < 1.29 is 9.47 Å². The van der Waals surface area contributed by atoms with E-state index in [0.717, 1.165) is 34.4 Å². The first kappa shape index (κ1) is 13.6. The van der Waals surface area contributed by atoms with Crippen LogP contribution in [0.25, 0.3) is 0 Å². The van der Waals surface area contributed by atoms with Crippen molar-refractivity contribution in [2.45, 2.75) is 19.9 Å². The van der Waals surface area contributed by atoms with Crippen LogP contribution in [0, 0.1) is 0 Å². The Kier molecular flexibility index (Phi) is 4.57. The lowest BCUT2D eigenvalue weighted by atomic mass is 10.2. The highest BCUT2D eigenvalue weighted by Gasteiger charge is 2.06. The van der Waals surface area contributed by atoms with Gasteiger partial charge in [-0.3, -0.25) is 0 Å². The van der Waals surface area contributed by atoms with Gasteiger partial charge in [-0.2, -0.15) is 4.37 Å². The summed E-state index contributed by atoms with van der Waals surface area (Å²) in [6, 6.07) is 5.84. The van der Waals surface area contributed by atoms with E-state index in [1.165, 1.54) is 11.5 Å². The Balaban J connectivity index is 2.03. The fourth-order valence-corrected chi connectivity index (χ4v) is 2.28. The van der Waals surface area contributed by atoms with Crippen molar-refractivity contribution >= 4 is 16.7 Å². The van der Waals surface area contributed by atoms with Crippen molar-refractivity contribution in [2.24, 2.45) is 0 Å². The fraction of sp³-hybridized carbons (Fsp3) is 0.385. The molecule has 0 bridgehead atoms. The van der Waals surface area contributed by atoms with E-state index in [2.05, 4.69) is 14.7 Å². The zero-order valence-electron chi connectivity index (χ0n) is 11.3. The molecule has 0 saturated heterocycles.